The molecule has 1 heterocycles. The molecule has 0 bridgehead atoms. The first-order valence-electron chi connectivity index (χ1n) is 7.47. The summed E-state index contributed by atoms with van der Waals surface area (Å²) < 4.78 is 13.7. The first kappa shape index (κ1) is 15.0. The van der Waals surface area contributed by atoms with Crippen molar-refractivity contribution in [3.05, 3.63) is 40.5 Å². The smallest absolute Gasteiger partial charge is 0.209 e. The lowest BCUT2D eigenvalue weighted by atomic mass is 9.96. The van der Waals surface area contributed by atoms with Crippen LogP contribution in [-0.2, 0) is 0 Å². The van der Waals surface area contributed by atoms with Crippen molar-refractivity contribution in [2.75, 3.05) is 11.1 Å². The molecule has 1 aromatic carbocycles. The molecule has 1 aromatic heterocycles. The molecule has 2 aromatic rings. The molecule has 0 amide bonds. The van der Waals surface area contributed by atoms with Crippen LogP contribution in [0.2, 0.25) is 0 Å². The van der Waals surface area contributed by atoms with Crippen LogP contribution < -0.4 is 11.1 Å². The first-order valence-corrected chi connectivity index (χ1v) is 8.29. The number of carbonyl (C=O) groups is 1. The van der Waals surface area contributed by atoms with E-state index in [0.717, 1.165) is 12.8 Å². The van der Waals surface area contributed by atoms with E-state index in [4.69, 9.17) is 5.73 Å². The molecule has 0 radical (unpaired) electrons. The number of aromatic nitrogens is 1. The Labute approximate surface area is 132 Å². The molecule has 0 atom stereocenters. The van der Waals surface area contributed by atoms with E-state index < -0.39 is 11.6 Å². The zero-order valence-electron chi connectivity index (χ0n) is 12.1. The van der Waals surface area contributed by atoms with Gasteiger partial charge in [-0.25, -0.2) is 9.37 Å². The highest BCUT2D eigenvalue weighted by Crippen LogP contribution is 2.30. The Hall–Kier alpha value is -1.95. The van der Waals surface area contributed by atoms with Gasteiger partial charge in [0, 0.05) is 6.04 Å². The third-order valence-corrected chi connectivity index (χ3v) is 4.91. The van der Waals surface area contributed by atoms with E-state index in [1.807, 2.05) is 0 Å². The monoisotopic (exact) mass is 319 g/mol. The van der Waals surface area contributed by atoms with Crippen molar-refractivity contribution in [1.29, 1.82) is 0 Å². The zero-order valence-corrected chi connectivity index (χ0v) is 13.0. The number of rotatable bonds is 4. The number of nitrogens with one attached hydrogen (secondary N) is 1. The van der Waals surface area contributed by atoms with Crippen LogP contribution in [0, 0.1) is 5.82 Å². The fourth-order valence-corrected chi connectivity index (χ4v) is 3.66. The van der Waals surface area contributed by atoms with Gasteiger partial charge in [-0.3, -0.25) is 4.79 Å². The summed E-state index contributed by atoms with van der Waals surface area (Å²) >= 11 is 1.20. The largest absolute Gasteiger partial charge is 0.382 e. The number of nitrogens with two attached hydrogens (primary N) is 1. The minimum atomic E-state index is -0.540. The number of nitrogens with zero attached hydrogens (tertiary/aromatic N) is 1. The van der Waals surface area contributed by atoms with Gasteiger partial charge >= 0.3 is 0 Å². The van der Waals surface area contributed by atoms with Gasteiger partial charge in [-0.1, -0.05) is 42.7 Å². The van der Waals surface area contributed by atoms with Gasteiger partial charge in [0.2, 0.25) is 5.78 Å². The van der Waals surface area contributed by atoms with Gasteiger partial charge in [-0.2, -0.15) is 0 Å². The van der Waals surface area contributed by atoms with E-state index in [-0.39, 0.29) is 11.4 Å². The van der Waals surface area contributed by atoms with Crippen molar-refractivity contribution in [3.63, 3.8) is 0 Å². The van der Waals surface area contributed by atoms with Gasteiger partial charge in [0.05, 0.1) is 5.56 Å². The number of hydrogen-bond acceptors (Lipinski definition) is 5. The van der Waals surface area contributed by atoms with Crippen LogP contribution in [0.5, 0.6) is 0 Å². The first-order chi connectivity index (χ1) is 10.6. The van der Waals surface area contributed by atoms with Crippen LogP contribution in [0.1, 0.15) is 47.3 Å². The highest BCUT2D eigenvalue weighted by molar-refractivity contribution is 7.18. The third-order valence-electron chi connectivity index (χ3n) is 3.91. The molecule has 1 saturated carbocycles. The summed E-state index contributed by atoms with van der Waals surface area (Å²) in [6.07, 6.45) is 5.90. The quantitative estimate of drug-likeness (QED) is 0.840. The Balaban J connectivity index is 1.80. The Bertz CT molecular complexity index is 680. The number of hydrogen-bond donors (Lipinski definition) is 2. The van der Waals surface area contributed by atoms with Gasteiger partial charge in [-0.05, 0) is 25.0 Å². The maximum absolute atomic E-state index is 13.7. The van der Waals surface area contributed by atoms with Crippen LogP contribution in [0.25, 0.3) is 0 Å². The molecule has 3 rings (SSSR count). The van der Waals surface area contributed by atoms with E-state index in [0.29, 0.717) is 16.1 Å². The predicted octanol–water partition coefficient (Wildman–Crippen LogP) is 3.84. The Kier molecular flexibility index (Phi) is 4.38. The SMILES string of the molecule is Nc1nc(NC2CCCCC2)sc1C(=O)c1ccccc1F. The van der Waals surface area contributed by atoms with Gasteiger partial charge in [0.25, 0.3) is 0 Å². The van der Waals surface area contributed by atoms with E-state index in [2.05, 4.69) is 10.3 Å². The molecule has 1 fully saturated rings. The Morgan fingerprint density at radius 2 is 2.00 bits per heavy atom. The van der Waals surface area contributed by atoms with Crippen LogP contribution in [-0.4, -0.2) is 16.8 Å². The molecule has 0 spiro atoms. The molecular weight excluding hydrogens is 301 g/mol. The van der Waals surface area contributed by atoms with Crippen molar-refractivity contribution in [2.24, 2.45) is 0 Å². The van der Waals surface area contributed by atoms with Crippen molar-refractivity contribution < 1.29 is 9.18 Å². The van der Waals surface area contributed by atoms with E-state index in [1.54, 1.807) is 12.1 Å². The van der Waals surface area contributed by atoms with Gasteiger partial charge in [0.15, 0.2) is 5.13 Å². The van der Waals surface area contributed by atoms with E-state index in [9.17, 15) is 9.18 Å². The van der Waals surface area contributed by atoms with Crippen molar-refractivity contribution in [2.45, 2.75) is 38.1 Å². The van der Waals surface area contributed by atoms with Gasteiger partial charge < -0.3 is 11.1 Å². The summed E-state index contributed by atoms with van der Waals surface area (Å²) in [7, 11) is 0. The number of thiazole rings is 1. The zero-order chi connectivity index (χ0) is 15.5. The average Bonchev–Trinajstić information content (AvgIpc) is 2.88. The fraction of sp³-hybridized carbons (Fsp3) is 0.375. The standard InChI is InChI=1S/C16H18FN3OS/c17-12-9-5-4-8-11(12)13(21)14-15(18)20-16(22-14)19-10-6-2-1-3-7-10/h4-5,8-10H,1-3,6-7,18H2,(H,19,20). The number of ketones is 1. The topological polar surface area (TPSA) is 68.0 Å². The molecule has 4 nitrogen and oxygen atoms in total. The van der Waals surface area contributed by atoms with Crippen LogP contribution in [0.3, 0.4) is 0 Å². The normalized spacial score (nSPS) is 15.7. The Morgan fingerprint density at radius 3 is 2.73 bits per heavy atom. The molecule has 3 N–H and O–H groups in total. The van der Waals surface area contributed by atoms with E-state index >= 15 is 0 Å². The van der Waals surface area contributed by atoms with Crippen LogP contribution in [0.15, 0.2) is 24.3 Å². The summed E-state index contributed by atoms with van der Waals surface area (Å²) in [6, 6.07) is 6.31. The second-order valence-corrected chi connectivity index (χ2v) is 6.52. The molecule has 6 heteroatoms. The van der Waals surface area contributed by atoms with Crippen molar-refractivity contribution >= 4 is 28.1 Å². The summed E-state index contributed by atoms with van der Waals surface area (Å²) in [5, 5.41) is 3.99. The number of anilines is 2. The maximum Gasteiger partial charge on any atom is 0.209 e. The van der Waals surface area contributed by atoms with Crippen molar-refractivity contribution in [1.82, 2.24) is 4.98 Å². The molecule has 22 heavy (non-hydrogen) atoms. The number of halogens is 1. The predicted molar refractivity (Wildman–Crippen MR) is 86.9 cm³/mol. The minimum Gasteiger partial charge on any atom is -0.382 e. The van der Waals surface area contributed by atoms with E-state index in [1.165, 1.54) is 42.7 Å². The van der Waals surface area contributed by atoms with Crippen molar-refractivity contribution in [3.8, 4) is 0 Å². The lowest BCUT2D eigenvalue weighted by Gasteiger charge is -2.22. The summed E-state index contributed by atoms with van der Waals surface area (Å²) in [5.74, 6) is -0.788. The van der Waals surface area contributed by atoms with Crippen LogP contribution >= 0.6 is 11.3 Å². The molecule has 0 saturated heterocycles. The summed E-state index contributed by atoms with van der Waals surface area (Å²) in [5.41, 5.74) is 5.88. The average molecular weight is 319 g/mol. The molecular formula is C16H18FN3OS. The number of nitrogen functional groups attached to an aromatic ring is 1. The molecule has 116 valence electrons. The van der Waals surface area contributed by atoms with Gasteiger partial charge in [0.1, 0.15) is 16.5 Å². The fourth-order valence-electron chi connectivity index (χ4n) is 2.75. The maximum atomic E-state index is 13.7. The van der Waals surface area contributed by atoms with Gasteiger partial charge in [-0.15, -0.1) is 0 Å². The summed E-state index contributed by atoms with van der Waals surface area (Å²) in [6.45, 7) is 0. The third kappa shape index (κ3) is 3.11. The molecule has 0 unspecified atom stereocenters. The highest BCUT2D eigenvalue weighted by atomic mass is 32.1. The Morgan fingerprint density at radius 1 is 1.27 bits per heavy atom. The number of benzene rings is 1. The van der Waals surface area contributed by atoms with Crippen LogP contribution in [0.4, 0.5) is 15.3 Å². The lowest BCUT2D eigenvalue weighted by molar-refractivity contribution is 0.103. The second kappa shape index (κ2) is 6.44. The molecule has 1 aliphatic rings. The minimum absolute atomic E-state index is 0.0297. The lowest BCUT2D eigenvalue weighted by Crippen LogP contribution is -2.22. The molecule has 0 aliphatic heterocycles. The summed E-state index contributed by atoms with van der Waals surface area (Å²) in [4.78, 5) is 16.9. The second-order valence-electron chi connectivity index (χ2n) is 5.52. The number of carbonyl (C=O) groups excluding carboxylic acids is 1. The highest BCUT2D eigenvalue weighted by Gasteiger charge is 2.22. The molecule has 1 aliphatic carbocycles.